The molecule has 1 unspecified atom stereocenters. The summed E-state index contributed by atoms with van der Waals surface area (Å²) in [6, 6.07) is 2.45. The van der Waals surface area contributed by atoms with Crippen LogP contribution in [-0.4, -0.2) is 24.1 Å². The molecule has 1 fully saturated rings. The molecule has 2 N–H and O–H groups in total. The standard InChI is InChI=1S/C12H17BrClN3/c13-9-7-11(14)12(16-8-9)17-6-2-4-10(17)3-1-5-15/h7-8,10H,1-6,15H2. The maximum absolute atomic E-state index is 6.25. The van der Waals surface area contributed by atoms with E-state index in [-0.39, 0.29) is 0 Å². The van der Waals surface area contributed by atoms with Gasteiger partial charge in [0.25, 0.3) is 0 Å². The molecular formula is C12H17BrClN3. The van der Waals surface area contributed by atoms with E-state index in [1.165, 1.54) is 12.8 Å². The van der Waals surface area contributed by atoms with Crippen LogP contribution < -0.4 is 10.6 Å². The van der Waals surface area contributed by atoms with E-state index in [4.69, 9.17) is 17.3 Å². The number of nitrogens with zero attached hydrogens (tertiary/aromatic N) is 2. The average molecular weight is 319 g/mol. The number of rotatable bonds is 4. The van der Waals surface area contributed by atoms with Gasteiger partial charge in [-0.25, -0.2) is 4.98 Å². The molecule has 2 heterocycles. The third kappa shape index (κ3) is 3.12. The first kappa shape index (κ1) is 13.1. The summed E-state index contributed by atoms with van der Waals surface area (Å²) in [5, 5.41) is 0.721. The highest BCUT2D eigenvalue weighted by Crippen LogP contribution is 2.32. The molecule has 94 valence electrons. The van der Waals surface area contributed by atoms with Crippen molar-refractivity contribution in [1.29, 1.82) is 0 Å². The Hall–Kier alpha value is -0.320. The third-order valence-electron chi connectivity index (χ3n) is 3.18. The number of nitrogens with two attached hydrogens (primary N) is 1. The largest absolute Gasteiger partial charge is 0.352 e. The lowest BCUT2D eigenvalue weighted by molar-refractivity contribution is 0.582. The van der Waals surface area contributed by atoms with Gasteiger partial charge in [-0.15, -0.1) is 0 Å². The van der Waals surface area contributed by atoms with Crippen LogP contribution in [0, 0.1) is 0 Å². The Morgan fingerprint density at radius 1 is 1.59 bits per heavy atom. The van der Waals surface area contributed by atoms with E-state index in [2.05, 4.69) is 25.8 Å². The third-order valence-corrected chi connectivity index (χ3v) is 3.89. The fraction of sp³-hybridized carbons (Fsp3) is 0.583. The number of halogens is 2. The molecule has 3 nitrogen and oxygen atoms in total. The number of pyridine rings is 1. The molecular weight excluding hydrogens is 302 g/mol. The molecule has 1 saturated heterocycles. The molecule has 1 atom stereocenters. The van der Waals surface area contributed by atoms with Crippen molar-refractivity contribution < 1.29 is 0 Å². The van der Waals surface area contributed by atoms with E-state index in [0.29, 0.717) is 6.04 Å². The summed E-state index contributed by atoms with van der Waals surface area (Å²) in [5.41, 5.74) is 5.57. The monoisotopic (exact) mass is 317 g/mol. The maximum Gasteiger partial charge on any atom is 0.147 e. The van der Waals surface area contributed by atoms with Crippen molar-refractivity contribution in [2.45, 2.75) is 31.7 Å². The number of hydrogen-bond donors (Lipinski definition) is 1. The van der Waals surface area contributed by atoms with E-state index < -0.39 is 0 Å². The van der Waals surface area contributed by atoms with Gasteiger partial charge in [0.05, 0.1) is 5.02 Å². The van der Waals surface area contributed by atoms with E-state index in [9.17, 15) is 0 Å². The first-order valence-corrected chi connectivity index (χ1v) is 7.17. The summed E-state index contributed by atoms with van der Waals surface area (Å²) in [4.78, 5) is 6.76. The van der Waals surface area contributed by atoms with Crippen LogP contribution in [0.25, 0.3) is 0 Å². The molecule has 0 radical (unpaired) electrons. The predicted molar refractivity (Wildman–Crippen MR) is 75.6 cm³/mol. The summed E-state index contributed by atoms with van der Waals surface area (Å²) in [7, 11) is 0. The molecule has 0 saturated carbocycles. The number of hydrogen-bond acceptors (Lipinski definition) is 3. The van der Waals surface area contributed by atoms with Crippen LogP contribution in [0.15, 0.2) is 16.7 Å². The molecule has 0 aromatic carbocycles. The molecule has 0 spiro atoms. The molecule has 5 heteroatoms. The van der Waals surface area contributed by atoms with Gasteiger partial charge in [0.15, 0.2) is 0 Å². The van der Waals surface area contributed by atoms with Gasteiger partial charge in [0, 0.05) is 23.3 Å². The van der Waals surface area contributed by atoms with Gasteiger partial charge in [-0.3, -0.25) is 0 Å². The van der Waals surface area contributed by atoms with Crippen LogP contribution in [0.2, 0.25) is 5.02 Å². The van der Waals surface area contributed by atoms with Crippen molar-refractivity contribution >= 4 is 33.3 Å². The van der Waals surface area contributed by atoms with Gasteiger partial charge in [-0.1, -0.05) is 11.6 Å². The SMILES string of the molecule is NCCCC1CCCN1c1ncc(Br)cc1Cl. The van der Waals surface area contributed by atoms with E-state index in [1.54, 1.807) is 6.20 Å². The Kier molecular flexibility index (Phi) is 4.65. The Bertz CT molecular complexity index is 386. The summed E-state index contributed by atoms with van der Waals surface area (Å²) < 4.78 is 0.920. The van der Waals surface area contributed by atoms with E-state index in [0.717, 1.165) is 41.2 Å². The molecule has 1 aliphatic rings. The lowest BCUT2D eigenvalue weighted by atomic mass is 10.1. The van der Waals surface area contributed by atoms with Crippen LogP contribution >= 0.6 is 27.5 Å². The topological polar surface area (TPSA) is 42.1 Å². The molecule has 0 bridgehead atoms. The Morgan fingerprint density at radius 2 is 2.41 bits per heavy atom. The zero-order valence-corrected chi connectivity index (χ0v) is 12.0. The Labute approximate surface area is 115 Å². The highest BCUT2D eigenvalue weighted by molar-refractivity contribution is 9.10. The molecule has 1 aromatic heterocycles. The van der Waals surface area contributed by atoms with Crippen molar-refractivity contribution in [2.75, 3.05) is 18.0 Å². The molecule has 1 aromatic rings. The second kappa shape index (κ2) is 6.03. The van der Waals surface area contributed by atoms with Gasteiger partial charge >= 0.3 is 0 Å². The quantitative estimate of drug-likeness (QED) is 0.927. The van der Waals surface area contributed by atoms with Gasteiger partial charge in [0.2, 0.25) is 0 Å². The summed E-state index contributed by atoms with van der Waals surface area (Å²) in [6.07, 6.45) is 6.43. The fourth-order valence-corrected chi connectivity index (χ4v) is 3.12. The van der Waals surface area contributed by atoms with Crippen molar-refractivity contribution in [3.05, 3.63) is 21.8 Å². The minimum absolute atomic E-state index is 0.546. The van der Waals surface area contributed by atoms with E-state index in [1.807, 2.05) is 6.07 Å². The van der Waals surface area contributed by atoms with E-state index >= 15 is 0 Å². The summed E-state index contributed by atoms with van der Waals surface area (Å²) >= 11 is 9.63. The lowest BCUT2D eigenvalue weighted by Gasteiger charge is -2.26. The number of anilines is 1. The van der Waals surface area contributed by atoms with Crippen LogP contribution in [0.1, 0.15) is 25.7 Å². The van der Waals surface area contributed by atoms with Crippen molar-refractivity contribution in [3.8, 4) is 0 Å². The Morgan fingerprint density at radius 3 is 3.12 bits per heavy atom. The predicted octanol–water partition coefficient (Wildman–Crippen LogP) is 3.21. The minimum Gasteiger partial charge on any atom is -0.352 e. The highest BCUT2D eigenvalue weighted by atomic mass is 79.9. The molecule has 0 amide bonds. The van der Waals surface area contributed by atoms with Crippen LogP contribution in [0.3, 0.4) is 0 Å². The highest BCUT2D eigenvalue weighted by Gasteiger charge is 2.26. The fourth-order valence-electron chi connectivity index (χ4n) is 2.39. The molecule has 1 aliphatic heterocycles. The van der Waals surface area contributed by atoms with Crippen LogP contribution in [0.4, 0.5) is 5.82 Å². The minimum atomic E-state index is 0.546. The second-order valence-electron chi connectivity index (χ2n) is 4.38. The first-order valence-electron chi connectivity index (χ1n) is 6.00. The van der Waals surface area contributed by atoms with Gasteiger partial charge < -0.3 is 10.6 Å². The zero-order valence-electron chi connectivity index (χ0n) is 9.70. The van der Waals surface area contributed by atoms with Gasteiger partial charge in [-0.2, -0.15) is 0 Å². The Balaban J connectivity index is 2.14. The smallest absolute Gasteiger partial charge is 0.147 e. The number of aromatic nitrogens is 1. The van der Waals surface area contributed by atoms with Crippen LogP contribution in [0.5, 0.6) is 0 Å². The van der Waals surface area contributed by atoms with Crippen LogP contribution in [-0.2, 0) is 0 Å². The second-order valence-corrected chi connectivity index (χ2v) is 5.70. The molecule has 0 aliphatic carbocycles. The van der Waals surface area contributed by atoms with Gasteiger partial charge in [0.1, 0.15) is 5.82 Å². The first-order chi connectivity index (χ1) is 8.22. The van der Waals surface area contributed by atoms with Crippen molar-refractivity contribution in [2.24, 2.45) is 5.73 Å². The zero-order chi connectivity index (χ0) is 12.3. The molecule has 17 heavy (non-hydrogen) atoms. The lowest BCUT2D eigenvalue weighted by Crippen LogP contribution is -2.30. The van der Waals surface area contributed by atoms with Gasteiger partial charge in [-0.05, 0) is 54.2 Å². The molecule has 2 rings (SSSR count). The van der Waals surface area contributed by atoms with Crippen molar-refractivity contribution in [3.63, 3.8) is 0 Å². The maximum atomic E-state index is 6.25. The normalized spacial score (nSPS) is 19.9. The average Bonchev–Trinajstić information content (AvgIpc) is 2.74. The summed E-state index contributed by atoms with van der Waals surface area (Å²) in [5.74, 6) is 0.911. The summed E-state index contributed by atoms with van der Waals surface area (Å²) in [6.45, 7) is 1.80. The van der Waals surface area contributed by atoms with Crippen molar-refractivity contribution in [1.82, 2.24) is 4.98 Å².